The average Bonchev–Trinajstić information content (AvgIpc) is 2.53. The average molecular weight is 228 g/mol. The van der Waals surface area contributed by atoms with E-state index in [1.807, 2.05) is 0 Å². The van der Waals surface area contributed by atoms with Gasteiger partial charge >= 0.3 is 0 Å². The van der Waals surface area contributed by atoms with Crippen LogP contribution in [0.3, 0.4) is 0 Å². The number of carbonyl (C=O) groups is 2. The fourth-order valence-electron chi connectivity index (χ4n) is 1.47. The Morgan fingerprint density at radius 3 is 2.60 bits per heavy atom. The molecule has 0 bridgehead atoms. The van der Waals surface area contributed by atoms with Gasteiger partial charge in [0.15, 0.2) is 0 Å². The Balaban J connectivity index is 2.34. The molecule has 1 heterocycles. The number of hydrogen-bond donors (Lipinski definition) is 0. The first-order valence-electron chi connectivity index (χ1n) is 4.39. The molecule has 78 valence electrons. The number of carbonyl (C=O) groups excluding carboxylic acids is 2. The summed E-state index contributed by atoms with van der Waals surface area (Å²) >= 11 is 5.58. The highest BCUT2D eigenvalue weighted by Gasteiger charge is 2.30. The number of anilines is 1. The third kappa shape index (κ3) is 1.72. The zero-order valence-electron chi connectivity index (χ0n) is 7.67. The molecule has 0 atom stereocenters. The highest BCUT2D eigenvalue weighted by Crippen LogP contribution is 2.25. The van der Waals surface area contributed by atoms with E-state index < -0.39 is 17.5 Å². The number of amides is 1. The Bertz CT molecular complexity index is 447. The van der Waals surface area contributed by atoms with Crippen LogP contribution in [0.4, 0.5) is 10.1 Å². The minimum absolute atomic E-state index is 0.0559. The normalized spacial score (nSPS) is 16.3. The summed E-state index contributed by atoms with van der Waals surface area (Å²) in [6, 6.07) is 3.94. The van der Waals surface area contributed by atoms with Gasteiger partial charge in [0.2, 0.25) is 5.78 Å². The molecule has 0 radical (unpaired) electrons. The van der Waals surface area contributed by atoms with Crippen molar-refractivity contribution < 1.29 is 14.0 Å². The van der Waals surface area contributed by atoms with Crippen LogP contribution in [0.15, 0.2) is 18.2 Å². The van der Waals surface area contributed by atoms with Crippen molar-refractivity contribution in [2.75, 3.05) is 11.4 Å². The predicted octanol–water partition coefficient (Wildman–Crippen LogP) is 1.78. The van der Waals surface area contributed by atoms with E-state index in [0.717, 1.165) is 0 Å². The van der Waals surface area contributed by atoms with Gasteiger partial charge in [-0.2, -0.15) is 0 Å². The zero-order valence-corrected chi connectivity index (χ0v) is 8.42. The van der Waals surface area contributed by atoms with Crippen LogP contribution in [-0.2, 0) is 9.59 Å². The molecule has 0 aliphatic carbocycles. The van der Waals surface area contributed by atoms with Crippen molar-refractivity contribution in [2.45, 2.75) is 6.42 Å². The monoisotopic (exact) mass is 227 g/mol. The molecule has 3 nitrogen and oxygen atoms in total. The van der Waals surface area contributed by atoms with Crippen molar-refractivity contribution in [1.82, 2.24) is 0 Å². The first-order chi connectivity index (χ1) is 7.09. The van der Waals surface area contributed by atoms with E-state index in [9.17, 15) is 14.0 Å². The molecule has 0 spiro atoms. The lowest BCUT2D eigenvalue weighted by Crippen LogP contribution is -2.26. The fourth-order valence-corrected chi connectivity index (χ4v) is 1.65. The Morgan fingerprint density at radius 2 is 2.07 bits per heavy atom. The van der Waals surface area contributed by atoms with Gasteiger partial charge in [0.1, 0.15) is 5.82 Å². The molecular weight excluding hydrogens is 221 g/mol. The number of hydrogen-bond acceptors (Lipinski definition) is 2. The number of nitrogens with zero attached hydrogens (tertiary/aromatic N) is 1. The minimum Gasteiger partial charge on any atom is -0.305 e. The number of Topliss-reactive ketones (excluding diaryl/α,β-unsaturated/α-hetero) is 1. The molecule has 15 heavy (non-hydrogen) atoms. The topological polar surface area (TPSA) is 37.4 Å². The van der Waals surface area contributed by atoms with Crippen molar-refractivity contribution in [2.24, 2.45) is 0 Å². The van der Waals surface area contributed by atoms with Gasteiger partial charge in [-0.3, -0.25) is 9.59 Å². The summed E-state index contributed by atoms with van der Waals surface area (Å²) in [6.45, 7) is 0.333. The Labute approximate surface area is 90.4 Å². The second-order valence-corrected chi connectivity index (χ2v) is 3.64. The molecule has 5 heteroatoms. The van der Waals surface area contributed by atoms with Crippen LogP contribution in [0.5, 0.6) is 0 Å². The van der Waals surface area contributed by atoms with Gasteiger partial charge in [-0.25, -0.2) is 4.39 Å². The van der Waals surface area contributed by atoms with E-state index >= 15 is 0 Å². The maximum Gasteiger partial charge on any atom is 0.294 e. The van der Waals surface area contributed by atoms with Crippen LogP contribution in [-0.4, -0.2) is 18.2 Å². The standard InChI is InChI=1S/C10H7ClFNO2/c11-7-5-6(1-2-8(7)12)13-4-3-9(14)10(13)15/h1-2,5H,3-4H2. The summed E-state index contributed by atoms with van der Waals surface area (Å²) in [5.74, 6) is -1.52. The van der Waals surface area contributed by atoms with Gasteiger partial charge in [-0.05, 0) is 18.2 Å². The molecule has 1 aromatic carbocycles. The van der Waals surface area contributed by atoms with Crippen molar-refractivity contribution >= 4 is 29.0 Å². The zero-order chi connectivity index (χ0) is 11.0. The molecule has 0 unspecified atom stereocenters. The molecule has 2 rings (SSSR count). The summed E-state index contributed by atoms with van der Waals surface area (Å²) in [4.78, 5) is 23.7. The Morgan fingerprint density at radius 1 is 1.33 bits per heavy atom. The molecule has 1 fully saturated rings. The van der Waals surface area contributed by atoms with E-state index in [1.165, 1.54) is 23.1 Å². The lowest BCUT2D eigenvalue weighted by atomic mass is 10.3. The van der Waals surface area contributed by atoms with E-state index in [-0.39, 0.29) is 11.4 Å². The van der Waals surface area contributed by atoms with Gasteiger partial charge in [0, 0.05) is 18.7 Å². The summed E-state index contributed by atoms with van der Waals surface area (Å²) in [6.07, 6.45) is 0.202. The van der Waals surface area contributed by atoms with Gasteiger partial charge < -0.3 is 4.90 Å². The molecule has 1 saturated heterocycles. The molecule has 0 aromatic heterocycles. The van der Waals surface area contributed by atoms with Crippen LogP contribution >= 0.6 is 11.6 Å². The van der Waals surface area contributed by atoms with E-state index in [1.54, 1.807) is 0 Å². The molecule has 0 saturated carbocycles. The maximum atomic E-state index is 12.9. The van der Waals surface area contributed by atoms with Gasteiger partial charge in [-0.1, -0.05) is 11.6 Å². The van der Waals surface area contributed by atoms with Crippen LogP contribution in [0.25, 0.3) is 0 Å². The largest absolute Gasteiger partial charge is 0.305 e. The summed E-state index contributed by atoms with van der Waals surface area (Å²) < 4.78 is 12.9. The van der Waals surface area contributed by atoms with Crippen molar-refractivity contribution in [1.29, 1.82) is 0 Å². The molecule has 1 aliphatic rings. The second kappa shape index (κ2) is 3.62. The fraction of sp³-hybridized carbons (Fsp3) is 0.200. The number of halogens is 2. The predicted molar refractivity (Wildman–Crippen MR) is 53.4 cm³/mol. The Kier molecular flexibility index (Phi) is 2.44. The molecular formula is C10H7ClFNO2. The van der Waals surface area contributed by atoms with E-state index in [2.05, 4.69) is 0 Å². The number of ketones is 1. The quantitative estimate of drug-likeness (QED) is 0.686. The second-order valence-electron chi connectivity index (χ2n) is 3.23. The highest BCUT2D eigenvalue weighted by atomic mass is 35.5. The lowest BCUT2D eigenvalue weighted by molar-refractivity contribution is -0.133. The SMILES string of the molecule is O=C1CCN(c2ccc(F)c(Cl)c2)C1=O. The van der Waals surface area contributed by atoms with Crippen LogP contribution in [0.1, 0.15) is 6.42 Å². The molecule has 0 N–H and O–H groups in total. The number of benzene rings is 1. The van der Waals surface area contributed by atoms with Crippen molar-refractivity contribution in [3.05, 3.63) is 29.0 Å². The smallest absolute Gasteiger partial charge is 0.294 e. The highest BCUT2D eigenvalue weighted by molar-refractivity contribution is 6.43. The van der Waals surface area contributed by atoms with Crippen LogP contribution in [0.2, 0.25) is 5.02 Å². The van der Waals surface area contributed by atoms with Gasteiger partial charge in [-0.15, -0.1) is 0 Å². The molecule has 1 aliphatic heterocycles. The van der Waals surface area contributed by atoms with Gasteiger partial charge in [0.05, 0.1) is 5.02 Å². The van der Waals surface area contributed by atoms with Crippen LogP contribution in [0, 0.1) is 5.82 Å². The first kappa shape index (κ1) is 10.1. The third-order valence-corrected chi connectivity index (χ3v) is 2.55. The third-order valence-electron chi connectivity index (χ3n) is 2.26. The van der Waals surface area contributed by atoms with Crippen molar-refractivity contribution in [3.8, 4) is 0 Å². The van der Waals surface area contributed by atoms with Crippen LogP contribution < -0.4 is 4.90 Å². The summed E-state index contributed by atoms with van der Waals surface area (Å²) in [5, 5.41) is -0.0559. The van der Waals surface area contributed by atoms with Crippen molar-refractivity contribution in [3.63, 3.8) is 0 Å². The Hall–Kier alpha value is -1.42. The van der Waals surface area contributed by atoms with E-state index in [4.69, 9.17) is 11.6 Å². The number of rotatable bonds is 1. The maximum absolute atomic E-state index is 12.9. The molecule has 1 aromatic rings. The first-order valence-corrected chi connectivity index (χ1v) is 4.77. The lowest BCUT2D eigenvalue weighted by Gasteiger charge is -2.14. The molecule has 1 amide bonds. The summed E-state index contributed by atoms with van der Waals surface area (Å²) in [5.41, 5.74) is 0.456. The minimum atomic E-state index is -0.558. The van der Waals surface area contributed by atoms with E-state index in [0.29, 0.717) is 12.2 Å². The summed E-state index contributed by atoms with van der Waals surface area (Å²) in [7, 11) is 0. The van der Waals surface area contributed by atoms with Gasteiger partial charge in [0.25, 0.3) is 5.91 Å².